The van der Waals surface area contributed by atoms with Crippen LogP contribution in [-0.4, -0.2) is 39.2 Å². The molecule has 0 aliphatic heterocycles. The van der Waals surface area contributed by atoms with Gasteiger partial charge in [-0.25, -0.2) is 0 Å². The summed E-state index contributed by atoms with van der Waals surface area (Å²) in [6, 6.07) is 0. The van der Waals surface area contributed by atoms with Crippen LogP contribution in [0, 0.1) is 23.7 Å². The second kappa shape index (κ2) is 7.98. The van der Waals surface area contributed by atoms with Crippen molar-refractivity contribution in [3.63, 3.8) is 0 Å². The highest BCUT2D eigenvalue weighted by atomic mass is 16.5. The van der Waals surface area contributed by atoms with E-state index in [1.165, 1.54) is 14.2 Å². The molecule has 0 N–H and O–H groups in total. The quantitative estimate of drug-likeness (QED) is 0.317. The van der Waals surface area contributed by atoms with Crippen molar-refractivity contribution < 1.29 is 19.1 Å². The molecule has 21 heavy (non-hydrogen) atoms. The third kappa shape index (κ3) is 3.77. The molecule has 0 radical (unpaired) electrons. The van der Waals surface area contributed by atoms with Crippen LogP contribution in [0.2, 0.25) is 0 Å². The van der Waals surface area contributed by atoms with Gasteiger partial charge in [-0.3, -0.25) is 9.59 Å². The topological polar surface area (TPSA) is 150 Å². The van der Waals surface area contributed by atoms with E-state index in [1.807, 2.05) is 0 Å². The molecule has 114 valence electrons. The third-order valence-corrected chi connectivity index (χ3v) is 3.81. The monoisotopic (exact) mass is 296 g/mol. The van der Waals surface area contributed by atoms with Gasteiger partial charge in [-0.15, -0.1) is 0 Å². The summed E-state index contributed by atoms with van der Waals surface area (Å²) in [5, 5.41) is 6.97. The number of ether oxygens (including phenoxy) is 2. The maximum Gasteiger partial charge on any atom is 0.308 e. The maximum absolute atomic E-state index is 11.9. The Morgan fingerprint density at radius 3 is 1.67 bits per heavy atom. The Kier molecular flexibility index (Phi) is 6.32. The number of nitrogens with zero attached hydrogens (tertiary/aromatic N) is 6. The van der Waals surface area contributed by atoms with Gasteiger partial charge in [-0.05, 0) is 29.3 Å². The fourth-order valence-corrected chi connectivity index (χ4v) is 2.85. The lowest BCUT2D eigenvalue weighted by Gasteiger charge is -2.22. The van der Waals surface area contributed by atoms with Crippen molar-refractivity contribution in [1.82, 2.24) is 0 Å². The highest BCUT2D eigenvalue weighted by Crippen LogP contribution is 2.43. The summed E-state index contributed by atoms with van der Waals surface area (Å²) in [7, 11) is 2.50. The standard InChI is InChI=1S/C11H16N6O4/c1-20-10(18)6-3-7(11(19)21-2)9(5-15-17-13)8(6)4-14-16-12/h6-9H,3-5H2,1-2H3/t6-,7+,8+,9-. The highest BCUT2D eigenvalue weighted by molar-refractivity contribution is 5.78. The van der Waals surface area contributed by atoms with Gasteiger partial charge in [0.25, 0.3) is 0 Å². The molecule has 0 saturated heterocycles. The van der Waals surface area contributed by atoms with Crippen LogP contribution in [0.5, 0.6) is 0 Å². The Balaban J connectivity index is 3.10. The van der Waals surface area contributed by atoms with Crippen LogP contribution >= 0.6 is 0 Å². The van der Waals surface area contributed by atoms with Gasteiger partial charge in [0.2, 0.25) is 0 Å². The first-order chi connectivity index (χ1) is 10.1. The molecule has 0 aromatic heterocycles. The zero-order valence-electron chi connectivity index (χ0n) is 11.7. The fraction of sp³-hybridized carbons (Fsp3) is 0.818. The van der Waals surface area contributed by atoms with E-state index in [-0.39, 0.29) is 19.5 Å². The molecule has 1 aliphatic carbocycles. The summed E-state index contributed by atoms with van der Waals surface area (Å²) in [4.78, 5) is 29.1. The van der Waals surface area contributed by atoms with Crippen molar-refractivity contribution in [3.8, 4) is 0 Å². The Labute approximate surface area is 120 Å². The van der Waals surface area contributed by atoms with Crippen LogP contribution in [0.1, 0.15) is 6.42 Å². The predicted molar refractivity (Wildman–Crippen MR) is 70.6 cm³/mol. The summed E-state index contributed by atoms with van der Waals surface area (Å²) in [6.45, 7) is 0.0464. The first-order valence-electron chi connectivity index (χ1n) is 6.28. The van der Waals surface area contributed by atoms with Gasteiger partial charge < -0.3 is 9.47 Å². The van der Waals surface area contributed by atoms with E-state index in [2.05, 4.69) is 20.1 Å². The van der Waals surface area contributed by atoms with Crippen molar-refractivity contribution in [3.05, 3.63) is 20.9 Å². The minimum atomic E-state index is -0.594. The number of carbonyl (C=O) groups is 2. The zero-order valence-corrected chi connectivity index (χ0v) is 11.7. The van der Waals surface area contributed by atoms with Gasteiger partial charge in [0.05, 0.1) is 26.1 Å². The number of azide groups is 2. The molecule has 1 saturated carbocycles. The molecular formula is C11H16N6O4. The minimum absolute atomic E-state index is 0.0232. The molecule has 1 fully saturated rings. The van der Waals surface area contributed by atoms with E-state index in [0.717, 1.165) is 0 Å². The first kappa shape index (κ1) is 16.6. The van der Waals surface area contributed by atoms with Crippen LogP contribution in [0.3, 0.4) is 0 Å². The lowest BCUT2D eigenvalue weighted by molar-refractivity contribution is -0.147. The summed E-state index contributed by atoms with van der Waals surface area (Å²) in [5.41, 5.74) is 16.9. The smallest absolute Gasteiger partial charge is 0.308 e. The van der Waals surface area contributed by atoms with E-state index < -0.39 is 35.6 Å². The van der Waals surface area contributed by atoms with Crippen LogP contribution in [0.15, 0.2) is 10.2 Å². The van der Waals surface area contributed by atoms with E-state index >= 15 is 0 Å². The van der Waals surface area contributed by atoms with Crippen LogP contribution in [0.4, 0.5) is 0 Å². The maximum atomic E-state index is 11.9. The van der Waals surface area contributed by atoms with Gasteiger partial charge in [-0.2, -0.15) is 0 Å². The molecule has 0 amide bonds. The molecule has 0 unspecified atom stereocenters. The average Bonchev–Trinajstić information content (AvgIpc) is 2.87. The number of rotatable bonds is 6. The molecule has 10 nitrogen and oxygen atoms in total. The molecule has 0 aromatic rings. The minimum Gasteiger partial charge on any atom is -0.469 e. The van der Waals surface area contributed by atoms with Crippen LogP contribution in [-0.2, 0) is 19.1 Å². The Morgan fingerprint density at radius 1 is 1.00 bits per heavy atom. The molecular weight excluding hydrogens is 280 g/mol. The van der Waals surface area contributed by atoms with E-state index in [0.29, 0.717) is 0 Å². The Bertz CT molecular complexity index is 453. The zero-order chi connectivity index (χ0) is 15.8. The summed E-state index contributed by atoms with van der Waals surface area (Å²) >= 11 is 0. The highest BCUT2D eigenvalue weighted by Gasteiger charge is 2.49. The number of methoxy groups -OCH3 is 2. The number of carbonyl (C=O) groups excluding carboxylic acids is 2. The normalized spacial score (nSPS) is 27.1. The average molecular weight is 296 g/mol. The molecule has 0 bridgehead atoms. The number of esters is 2. The van der Waals surface area contributed by atoms with Crippen molar-refractivity contribution in [2.75, 3.05) is 27.3 Å². The lowest BCUT2D eigenvalue weighted by Crippen LogP contribution is -2.29. The van der Waals surface area contributed by atoms with Gasteiger partial charge in [0, 0.05) is 22.9 Å². The second-order valence-corrected chi connectivity index (χ2v) is 4.65. The van der Waals surface area contributed by atoms with Crippen LogP contribution in [0.25, 0.3) is 20.9 Å². The molecule has 10 heteroatoms. The van der Waals surface area contributed by atoms with Crippen LogP contribution < -0.4 is 0 Å². The summed E-state index contributed by atoms with van der Waals surface area (Å²) in [6.07, 6.45) is 0.219. The van der Waals surface area contributed by atoms with E-state index in [1.54, 1.807) is 0 Å². The van der Waals surface area contributed by atoms with E-state index in [4.69, 9.17) is 20.5 Å². The molecule has 0 heterocycles. The van der Waals surface area contributed by atoms with Gasteiger partial charge in [-0.1, -0.05) is 10.2 Å². The SMILES string of the molecule is COC(=O)[C@H]1C[C@@H](C(=O)OC)[C@H](CN=[N+]=[N-])[C@@H]1CN=[N+]=[N-]. The Morgan fingerprint density at radius 2 is 1.38 bits per heavy atom. The van der Waals surface area contributed by atoms with Gasteiger partial charge >= 0.3 is 11.9 Å². The predicted octanol–water partition coefficient (Wildman–Crippen LogP) is 1.82. The van der Waals surface area contributed by atoms with Crippen molar-refractivity contribution >= 4 is 11.9 Å². The molecule has 0 spiro atoms. The molecule has 1 aliphatic rings. The van der Waals surface area contributed by atoms with E-state index in [9.17, 15) is 9.59 Å². The third-order valence-electron chi connectivity index (χ3n) is 3.81. The first-order valence-corrected chi connectivity index (χ1v) is 6.28. The number of hydrogen-bond donors (Lipinski definition) is 0. The fourth-order valence-electron chi connectivity index (χ4n) is 2.85. The molecule has 4 atom stereocenters. The van der Waals surface area contributed by atoms with Crippen molar-refractivity contribution in [2.45, 2.75) is 6.42 Å². The number of hydrogen-bond acceptors (Lipinski definition) is 6. The van der Waals surface area contributed by atoms with Crippen molar-refractivity contribution in [2.24, 2.45) is 33.9 Å². The molecule has 0 aromatic carbocycles. The summed E-state index contributed by atoms with van der Waals surface area (Å²) in [5.74, 6) is -3.01. The molecule has 1 rings (SSSR count). The lowest BCUT2D eigenvalue weighted by atomic mass is 9.87. The van der Waals surface area contributed by atoms with Gasteiger partial charge in [0.15, 0.2) is 0 Å². The van der Waals surface area contributed by atoms with Gasteiger partial charge in [0.1, 0.15) is 0 Å². The summed E-state index contributed by atoms with van der Waals surface area (Å²) < 4.78 is 9.46. The Hall–Kier alpha value is -2.44. The van der Waals surface area contributed by atoms with Crippen molar-refractivity contribution in [1.29, 1.82) is 0 Å². The second-order valence-electron chi connectivity index (χ2n) is 4.65. The largest absolute Gasteiger partial charge is 0.469 e.